The van der Waals surface area contributed by atoms with Crippen molar-refractivity contribution in [3.63, 3.8) is 0 Å². The fourth-order valence-electron chi connectivity index (χ4n) is 2.69. The van der Waals surface area contributed by atoms with E-state index in [1.54, 1.807) is 0 Å². The number of hydrogen-bond donors (Lipinski definition) is 1. The summed E-state index contributed by atoms with van der Waals surface area (Å²) in [4.78, 5) is 0. The van der Waals surface area contributed by atoms with Crippen LogP contribution in [-0.2, 0) is 0 Å². The molecule has 0 aromatic rings. The first-order valence-corrected chi connectivity index (χ1v) is 6.37. The molecule has 0 radical (unpaired) electrons. The predicted octanol–water partition coefficient (Wildman–Crippen LogP) is 3.74. The summed E-state index contributed by atoms with van der Waals surface area (Å²) in [6.45, 7) is 0. The second-order valence-electron chi connectivity index (χ2n) is 5.04. The number of hydrogen-bond acceptors (Lipinski definition) is 1. The Morgan fingerprint density at radius 2 is 1.93 bits per heavy atom. The zero-order valence-corrected chi connectivity index (χ0v) is 9.54. The zero-order valence-electron chi connectivity index (χ0n) is 9.54. The molecule has 2 aliphatic rings. The van der Waals surface area contributed by atoms with Crippen molar-refractivity contribution in [1.82, 2.24) is 0 Å². The molecule has 0 unspecified atom stereocenters. The standard InChI is InChI=1S/C14H22O/c15-14(10-5-2-6-11-14)12-9-13-7-3-1-4-8-13/h3,7-8,15H,1-2,4-6,9-12H2. The van der Waals surface area contributed by atoms with Crippen LogP contribution >= 0.6 is 0 Å². The molecule has 0 spiro atoms. The third-order valence-electron chi connectivity index (χ3n) is 3.74. The van der Waals surface area contributed by atoms with Gasteiger partial charge in [0.05, 0.1) is 5.60 Å². The van der Waals surface area contributed by atoms with Crippen LogP contribution in [0.25, 0.3) is 0 Å². The first kappa shape index (κ1) is 10.9. The Bertz CT molecular complexity index is 257. The van der Waals surface area contributed by atoms with Crippen molar-refractivity contribution in [2.75, 3.05) is 0 Å². The predicted molar refractivity (Wildman–Crippen MR) is 63.7 cm³/mol. The van der Waals surface area contributed by atoms with Crippen LogP contribution in [0.5, 0.6) is 0 Å². The minimum atomic E-state index is -0.343. The summed E-state index contributed by atoms with van der Waals surface area (Å²) in [7, 11) is 0. The highest BCUT2D eigenvalue weighted by Crippen LogP contribution is 2.33. The lowest BCUT2D eigenvalue weighted by Crippen LogP contribution is -2.31. The average Bonchev–Trinajstić information content (AvgIpc) is 2.29. The second kappa shape index (κ2) is 4.98. The highest BCUT2D eigenvalue weighted by atomic mass is 16.3. The number of aliphatic hydroxyl groups is 1. The molecule has 0 heterocycles. The lowest BCUT2D eigenvalue weighted by Gasteiger charge is -2.32. The Labute approximate surface area is 92.9 Å². The summed E-state index contributed by atoms with van der Waals surface area (Å²) in [6, 6.07) is 0. The maximum atomic E-state index is 10.4. The molecule has 1 fully saturated rings. The Balaban J connectivity index is 1.81. The van der Waals surface area contributed by atoms with Crippen LogP contribution in [0.15, 0.2) is 23.8 Å². The first-order chi connectivity index (χ1) is 7.29. The Morgan fingerprint density at radius 1 is 1.13 bits per heavy atom. The Hall–Kier alpha value is -0.560. The summed E-state index contributed by atoms with van der Waals surface area (Å²) >= 11 is 0. The van der Waals surface area contributed by atoms with Crippen LogP contribution in [0.3, 0.4) is 0 Å². The van der Waals surface area contributed by atoms with Crippen LogP contribution in [0.2, 0.25) is 0 Å². The van der Waals surface area contributed by atoms with Gasteiger partial charge < -0.3 is 5.11 Å². The molecule has 2 aliphatic carbocycles. The van der Waals surface area contributed by atoms with Crippen LogP contribution < -0.4 is 0 Å². The van der Waals surface area contributed by atoms with E-state index in [4.69, 9.17) is 0 Å². The molecule has 1 N–H and O–H groups in total. The monoisotopic (exact) mass is 206 g/mol. The first-order valence-electron chi connectivity index (χ1n) is 6.37. The van der Waals surface area contributed by atoms with Gasteiger partial charge in [-0.3, -0.25) is 0 Å². The topological polar surface area (TPSA) is 20.2 Å². The van der Waals surface area contributed by atoms with Crippen molar-refractivity contribution in [2.24, 2.45) is 0 Å². The van der Waals surface area contributed by atoms with E-state index in [2.05, 4.69) is 18.2 Å². The molecule has 15 heavy (non-hydrogen) atoms. The molecule has 0 aromatic carbocycles. The summed E-state index contributed by atoms with van der Waals surface area (Å²) < 4.78 is 0. The molecule has 0 atom stereocenters. The molecule has 0 amide bonds. The van der Waals surface area contributed by atoms with Crippen molar-refractivity contribution < 1.29 is 5.11 Å². The van der Waals surface area contributed by atoms with E-state index in [1.165, 1.54) is 37.7 Å². The summed E-state index contributed by atoms with van der Waals surface area (Å²) in [5, 5.41) is 10.4. The average molecular weight is 206 g/mol. The van der Waals surface area contributed by atoms with E-state index in [1.807, 2.05) is 0 Å². The third kappa shape index (κ3) is 3.20. The van der Waals surface area contributed by atoms with Crippen molar-refractivity contribution in [3.05, 3.63) is 23.8 Å². The summed E-state index contributed by atoms with van der Waals surface area (Å²) in [5.74, 6) is 0. The number of rotatable bonds is 3. The third-order valence-corrected chi connectivity index (χ3v) is 3.74. The highest BCUT2D eigenvalue weighted by Gasteiger charge is 2.28. The second-order valence-corrected chi connectivity index (χ2v) is 5.04. The van der Waals surface area contributed by atoms with Crippen LogP contribution in [0, 0.1) is 0 Å². The highest BCUT2D eigenvalue weighted by molar-refractivity contribution is 5.22. The number of allylic oxidation sites excluding steroid dienone is 4. The molecule has 0 bridgehead atoms. The van der Waals surface area contributed by atoms with Crippen LogP contribution in [-0.4, -0.2) is 10.7 Å². The van der Waals surface area contributed by atoms with Crippen molar-refractivity contribution in [3.8, 4) is 0 Å². The molecule has 0 aromatic heterocycles. The van der Waals surface area contributed by atoms with Crippen LogP contribution in [0.4, 0.5) is 0 Å². The van der Waals surface area contributed by atoms with Crippen molar-refractivity contribution in [2.45, 2.75) is 63.4 Å². The SMILES string of the molecule is OC1(CCC2=CCCC=C2)CCCCC1. The molecule has 1 nitrogen and oxygen atoms in total. The molecule has 0 saturated heterocycles. The van der Waals surface area contributed by atoms with Crippen molar-refractivity contribution in [1.29, 1.82) is 0 Å². The molecule has 2 rings (SSSR count). The quantitative estimate of drug-likeness (QED) is 0.746. The molecule has 84 valence electrons. The normalized spacial score (nSPS) is 25.0. The fraction of sp³-hybridized carbons (Fsp3) is 0.714. The van der Waals surface area contributed by atoms with E-state index in [9.17, 15) is 5.11 Å². The molecule has 1 heteroatoms. The smallest absolute Gasteiger partial charge is 0.0651 e. The van der Waals surface area contributed by atoms with E-state index in [-0.39, 0.29) is 5.60 Å². The van der Waals surface area contributed by atoms with Gasteiger partial charge in [-0.2, -0.15) is 0 Å². The van der Waals surface area contributed by atoms with Crippen LogP contribution in [0.1, 0.15) is 57.8 Å². The van der Waals surface area contributed by atoms with Gasteiger partial charge >= 0.3 is 0 Å². The maximum Gasteiger partial charge on any atom is 0.0651 e. The van der Waals surface area contributed by atoms with Gasteiger partial charge in [0.15, 0.2) is 0 Å². The van der Waals surface area contributed by atoms with Gasteiger partial charge in [-0.05, 0) is 38.5 Å². The Morgan fingerprint density at radius 3 is 2.60 bits per heavy atom. The molecule has 0 aliphatic heterocycles. The van der Waals surface area contributed by atoms with E-state index < -0.39 is 0 Å². The minimum absolute atomic E-state index is 0.343. The van der Waals surface area contributed by atoms with E-state index in [0.717, 1.165) is 25.7 Å². The van der Waals surface area contributed by atoms with Gasteiger partial charge in [0.1, 0.15) is 0 Å². The minimum Gasteiger partial charge on any atom is -0.390 e. The maximum absolute atomic E-state index is 10.4. The molecular formula is C14H22O. The Kier molecular flexibility index (Phi) is 3.63. The van der Waals surface area contributed by atoms with Gasteiger partial charge in [0, 0.05) is 0 Å². The summed E-state index contributed by atoms with van der Waals surface area (Å²) in [6.07, 6.45) is 17.0. The van der Waals surface area contributed by atoms with Gasteiger partial charge in [-0.1, -0.05) is 43.1 Å². The van der Waals surface area contributed by atoms with Gasteiger partial charge in [-0.15, -0.1) is 0 Å². The lowest BCUT2D eigenvalue weighted by atomic mass is 9.80. The largest absolute Gasteiger partial charge is 0.390 e. The fourth-order valence-corrected chi connectivity index (χ4v) is 2.69. The molecule has 1 saturated carbocycles. The van der Waals surface area contributed by atoms with Gasteiger partial charge in [0.2, 0.25) is 0 Å². The van der Waals surface area contributed by atoms with Crippen molar-refractivity contribution >= 4 is 0 Å². The molecular weight excluding hydrogens is 184 g/mol. The van der Waals surface area contributed by atoms with E-state index in [0.29, 0.717) is 0 Å². The van der Waals surface area contributed by atoms with Gasteiger partial charge in [0.25, 0.3) is 0 Å². The zero-order chi connectivity index (χ0) is 10.6. The lowest BCUT2D eigenvalue weighted by molar-refractivity contribution is -0.00326. The summed E-state index contributed by atoms with van der Waals surface area (Å²) in [5.41, 5.74) is 1.09. The van der Waals surface area contributed by atoms with Gasteiger partial charge in [-0.25, -0.2) is 0 Å². The van der Waals surface area contributed by atoms with E-state index >= 15 is 0 Å².